The quantitative estimate of drug-likeness (QED) is 0.818. The van der Waals surface area contributed by atoms with E-state index in [1.165, 1.54) is 0 Å². The van der Waals surface area contributed by atoms with Crippen molar-refractivity contribution in [3.63, 3.8) is 0 Å². The molecule has 0 aromatic heterocycles. The van der Waals surface area contributed by atoms with Gasteiger partial charge < -0.3 is 5.11 Å². The van der Waals surface area contributed by atoms with Crippen LogP contribution in [0.3, 0.4) is 0 Å². The SMILES string of the molecule is OCc1cccc(-c2cccc(Cl)c2)c1. The van der Waals surface area contributed by atoms with Gasteiger partial charge in [0.25, 0.3) is 0 Å². The normalized spacial score (nSPS) is 10.3. The molecule has 0 bridgehead atoms. The first-order chi connectivity index (χ1) is 7.29. The molecule has 0 unspecified atom stereocenters. The smallest absolute Gasteiger partial charge is 0.0682 e. The van der Waals surface area contributed by atoms with Crippen LogP contribution >= 0.6 is 11.6 Å². The van der Waals surface area contributed by atoms with E-state index in [4.69, 9.17) is 16.7 Å². The molecule has 0 aliphatic heterocycles. The van der Waals surface area contributed by atoms with Crippen molar-refractivity contribution >= 4 is 11.6 Å². The van der Waals surface area contributed by atoms with Gasteiger partial charge in [-0.25, -0.2) is 0 Å². The van der Waals surface area contributed by atoms with E-state index in [0.717, 1.165) is 21.7 Å². The van der Waals surface area contributed by atoms with Crippen LogP contribution in [0.15, 0.2) is 48.5 Å². The fraction of sp³-hybridized carbons (Fsp3) is 0.0769. The Kier molecular flexibility index (Phi) is 3.05. The van der Waals surface area contributed by atoms with Crippen molar-refractivity contribution in [3.05, 3.63) is 59.1 Å². The van der Waals surface area contributed by atoms with Crippen molar-refractivity contribution < 1.29 is 5.11 Å². The predicted molar refractivity (Wildman–Crippen MR) is 62.8 cm³/mol. The summed E-state index contributed by atoms with van der Waals surface area (Å²) in [5.41, 5.74) is 3.05. The van der Waals surface area contributed by atoms with E-state index in [-0.39, 0.29) is 6.61 Å². The number of aliphatic hydroxyl groups is 1. The molecule has 15 heavy (non-hydrogen) atoms. The summed E-state index contributed by atoms with van der Waals surface area (Å²) in [6.45, 7) is 0.0639. The molecule has 0 atom stereocenters. The van der Waals surface area contributed by atoms with Gasteiger partial charge in [0, 0.05) is 5.02 Å². The van der Waals surface area contributed by atoms with Gasteiger partial charge in [-0.15, -0.1) is 0 Å². The molecule has 0 spiro atoms. The van der Waals surface area contributed by atoms with E-state index >= 15 is 0 Å². The zero-order chi connectivity index (χ0) is 10.7. The van der Waals surface area contributed by atoms with Crippen molar-refractivity contribution in [2.24, 2.45) is 0 Å². The largest absolute Gasteiger partial charge is 0.392 e. The molecule has 0 heterocycles. The number of halogens is 1. The minimum Gasteiger partial charge on any atom is -0.392 e. The average Bonchev–Trinajstić information content (AvgIpc) is 2.29. The van der Waals surface area contributed by atoms with E-state index in [1.807, 2.05) is 48.5 Å². The summed E-state index contributed by atoms with van der Waals surface area (Å²) in [5, 5.41) is 9.76. The molecule has 0 aliphatic rings. The third-order valence-corrected chi connectivity index (χ3v) is 2.50. The topological polar surface area (TPSA) is 20.2 Å². The molecule has 1 nitrogen and oxygen atoms in total. The van der Waals surface area contributed by atoms with Crippen LogP contribution < -0.4 is 0 Å². The maximum Gasteiger partial charge on any atom is 0.0682 e. The van der Waals surface area contributed by atoms with Gasteiger partial charge in [0.2, 0.25) is 0 Å². The van der Waals surface area contributed by atoms with Gasteiger partial charge in [0.05, 0.1) is 6.61 Å². The Labute approximate surface area is 94.0 Å². The predicted octanol–water partition coefficient (Wildman–Crippen LogP) is 3.50. The highest BCUT2D eigenvalue weighted by Gasteiger charge is 1.99. The summed E-state index contributed by atoms with van der Waals surface area (Å²) in [4.78, 5) is 0. The van der Waals surface area contributed by atoms with Crippen molar-refractivity contribution in [1.82, 2.24) is 0 Å². The molecule has 0 saturated carbocycles. The summed E-state index contributed by atoms with van der Waals surface area (Å²) in [7, 11) is 0. The van der Waals surface area contributed by atoms with Crippen molar-refractivity contribution in [1.29, 1.82) is 0 Å². The lowest BCUT2D eigenvalue weighted by atomic mass is 10.0. The molecule has 2 aromatic rings. The Bertz CT molecular complexity index is 466. The van der Waals surface area contributed by atoms with Crippen LogP contribution in [0.5, 0.6) is 0 Å². The van der Waals surface area contributed by atoms with Crippen LogP contribution in [0.2, 0.25) is 5.02 Å². The first-order valence-electron chi connectivity index (χ1n) is 4.75. The third kappa shape index (κ3) is 2.38. The molecule has 0 aliphatic carbocycles. The van der Waals surface area contributed by atoms with Gasteiger partial charge in [0.15, 0.2) is 0 Å². The van der Waals surface area contributed by atoms with E-state index in [0.29, 0.717) is 0 Å². The number of aliphatic hydroxyl groups excluding tert-OH is 1. The average molecular weight is 219 g/mol. The molecule has 76 valence electrons. The monoisotopic (exact) mass is 218 g/mol. The molecule has 0 amide bonds. The zero-order valence-corrected chi connectivity index (χ0v) is 8.91. The van der Waals surface area contributed by atoms with Crippen LogP contribution in [-0.2, 0) is 6.61 Å². The van der Waals surface area contributed by atoms with E-state index in [2.05, 4.69) is 0 Å². The highest BCUT2D eigenvalue weighted by atomic mass is 35.5. The third-order valence-electron chi connectivity index (χ3n) is 2.27. The van der Waals surface area contributed by atoms with Crippen LogP contribution in [0.4, 0.5) is 0 Å². The maximum absolute atomic E-state index is 9.04. The number of hydrogen-bond donors (Lipinski definition) is 1. The van der Waals surface area contributed by atoms with Gasteiger partial charge in [0.1, 0.15) is 0 Å². The van der Waals surface area contributed by atoms with Crippen molar-refractivity contribution in [2.45, 2.75) is 6.61 Å². The fourth-order valence-corrected chi connectivity index (χ4v) is 1.71. The molecule has 0 fully saturated rings. The fourth-order valence-electron chi connectivity index (χ4n) is 1.52. The second-order valence-corrected chi connectivity index (χ2v) is 3.81. The minimum atomic E-state index is 0.0639. The molecular formula is C13H11ClO. The second-order valence-electron chi connectivity index (χ2n) is 3.37. The Morgan fingerprint density at radius 2 is 1.60 bits per heavy atom. The second kappa shape index (κ2) is 4.47. The molecule has 0 saturated heterocycles. The number of benzene rings is 2. The Morgan fingerprint density at radius 3 is 2.27 bits per heavy atom. The number of hydrogen-bond acceptors (Lipinski definition) is 1. The molecule has 2 aromatic carbocycles. The zero-order valence-electron chi connectivity index (χ0n) is 8.15. The van der Waals surface area contributed by atoms with Gasteiger partial charge in [-0.3, -0.25) is 0 Å². The Morgan fingerprint density at radius 1 is 0.933 bits per heavy atom. The lowest BCUT2D eigenvalue weighted by molar-refractivity contribution is 0.282. The maximum atomic E-state index is 9.04. The van der Waals surface area contributed by atoms with E-state index in [1.54, 1.807) is 0 Å². The summed E-state index contributed by atoms with van der Waals surface area (Å²) < 4.78 is 0. The van der Waals surface area contributed by atoms with Gasteiger partial charge >= 0.3 is 0 Å². The van der Waals surface area contributed by atoms with E-state index < -0.39 is 0 Å². The first kappa shape index (κ1) is 10.2. The molecule has 1 N–H and O–H groups in total. The van der Waals surface area contributed by atoms with Gasteiger partial charge in [-0.05, 0) is 34.9 Å². The van der Waals surface area contributed by atoms with Gasteiger partial charge in [-0.1, -0.05) is 41.9 Å². The first-order valence-corrected chi connectivity index (χ1v) is 5.13. The highest BCUT2D eigenvalue weighted by molar-refractivity contribution is 6.30. The summed E-state index contributed by atoms with van der Waals surface area (Å²) in [6, 6.07) is 15.5. The van der Waals surface area contributed by atoms with Crippen LogP contribution in [0, 0.1) is 0 Å². The minimum absolute atomic E-state index is 0.0639. The van der Waals surface area contributed by atoms with Crippen LogP contribution in [0.1, 0.15) is 5.56 Å². The standard InChI is InChI=1S/C13H11ClO/c14-13-6-2-5-12(8-13)11-4-1-3-10(7-11)9-15/h1-8,15H,9H2. The van der Waals surface area contributed by atoms with Crippen molar-refractivity contribution in [3.8, 4) is 11.1 Å². The molecule has 2 heteroatoms. The van der Waals surface area contributed by atoms with E-state index in [9.17, 15) is 0 Å². The molecule has 0 radical (unpaired) electrons. The van der Waals surface area contributed by atoms with Crippen LogP contribution in [-0.4, -0.2) is 5.11 Å². The summed E-state index contributed by atoms with van der Waals surface area (Å²) in [5.74, 6) is 0. The summed E-state index contributed by atoms with van der Waals surface area (Å²) >= 11 is 5.92. The highest BCUT2D eigenvalue weighted by Crippen LogP contribution is 2.23. The Hall–Kier alpha value is -1.31. The van der Waals surface area contributed by atoms with Crippen molar-refractivity contribution in [2.75, 3.05) is 0 Å². The summed E-state index contributed by atoms with van der Waals surface area (Å²) in [6.07, 6.45) is 0. The van der Waals surface area contributed by atoms with Gasteiger partial charge in [-0.2, -0.15) is 0 Å². The molecular weight excluding hydrogens is 208 g/mol. The lowest BCUT2D eigenvalue weighted by Crippen LogP contribution is -1.84. The number of rotatable bonds is 2. The Balaban J connectivity index is 2.44. The molecule has 2 rings (SSSR count). The lowest BCUT2D eigenvalue weighted by Gasteiger charge is -2.04. The van der Waals surface area contributed by atoms with Crippen LogP contribution in [0.25, 0.3) is 11.1 Å².